The topological polar surface area (TPSA) is 115 Å². The molecule has 7 heteroatoms. The van der Waals surface area contributed by atoms with Crippen LogP contribution in [-0.2, 0) is 21.4 Å². The Balaban J connectivity index is 3.20. The quantitative estimate of drug-likeness (QED) is 0.698. The van der Waals surface area contributed by atoms with Gasteiger partial charge in [0.15, 0.2) is 0 Å². The lowest BCUT2D eigenvalue weighted by Gasteiger charge is -2.20. The molecule has 0 spiro atoms. The minimum Gasteiger partial charge on any atom is -0.368 e. The summed E-state index contributed by atoms with van der Waals surface area (Å²) in [4.78, 5) is 11.5. The van der Waals surface area contributed by atoms with Crippen LogP contribution < -0.4 is 16.2 Å². The number of primary amides is 1. The molecule has 0 aliphatic rings. The predicted molar refractivity (Wildman–Crippen MR) is 77.2 cm³/mol. The maximum atomic E-state index is 12.4. The van der Waals surface area contributed by atoms with Gasteiger partial charge >= 0.3 is 0 Å². The third-order valence-electron chi connectivity index (χ3n) is 3.03. The third kappa shape index (κ3) is 3.78. The fraction of sp³-hybridized carbons (Fsp3) is 0.462. The fourth-order valence-corrected chi connectivity index (χ4v) is 3.46. The molecule has 5 N–H and O–H groups in total. The van der Waals surface area contributed by atoms with E-state index in [0.29, 0.717) is 11.1 Å². The molecule has 0 radical (unpaired) electrons. The molecule has 1 rings (SSSR count). The van der Waals surface area contributed by atoms with Crippen molar-refractivity contribution in [3.63, 3.8) is 0 Å². The highest BCUT2D eigenvalue weighted by Gasteiger charge is 2.27. The van der Waals surface area contributed by atoms with Crippen LogP contribution in [-0.4, -0.2) is 20.4 Å². The third-order valence-corrected chi connectivity index (χ3v) is 4.62. The van der Waals surface area contributed by atoms with E-state index in [2.05, 4.69) is 4.72 Å². The smallest absolute Gasteiger partial charge is 0.241 e. The standard InChI is InChI=1S/C13H21N3O3S/c1-8(2)12(13(15)17)16-20(18,19)11-6-10(7-14)5-4-9(11)3/h4-6,8,12,16H,7,14H2,1-3H3,(H2,15,17). The van der Waals surface area contributed by atoms with E-state index in [-0.39, 0.29) is 17.4 Å². The molecule has 1 atom stereocenters. The number of nitrogens with one attached hydrogen (secondary N) is 1. The van der Waals surface area contributed by atoms with Gasteiger partial charge in [0.05, 0.1) is 4.90 Å². The van der Waals surface area contributed by atoms with E-state index in [9.17, 15) is 13.2 Å². The number of sulfonamides is 1. The van der Waals surface area contributed by atoms with Crippen LogP contribution in [0.4, 0.5) is 0 Å². The summed E-state index contributed by atoms with van der Waals surface area (Å²) in [6.07, 6.45) is 0. The van der Waals surface area contributed by atoms with Crippen LogP contribution in [0.25, 0.3) is 0 Å². The molecule has 0 fully saturated rings. The van der Waals surface area contributed by atoms with Crippen molar-refractivity contribution in [2.45, 2.75) is 38.3 Å². The molecular weight excluding hydrogens is 278 g/mol. The predicted octanol–water partition coefficient (Wildman–Crippen LogP) is 0.242. The van der Waals surface area contributed by atoms with Gasteiger partial charge in [0.1, 0.15) is 6.04 Å². The second-order valence-electron chi connectivity index (χ2n) is 5.05. The summed E-state index contributed by atoms with van der Waals surface area (Å²) < 4.78 is 27.1. The Morgan fingerprint density at radius 1 is 1.35 bits per heavy atom. The maximum absolute atomic E-state index is 12.4. The summed E-state index contributed by atoms with van der Waals surface area (Å²) in [5, 5.41) is 0. The highest BCUT2D eigenvalue weighted by atomic mass is 32.2. The van der Waals surface area contributed by atoms with Gasteiger partial charge in [0, 0.05) is 6.54 Å². The van der Waals surface area contributed by atoms with E-state index < -0.39 is 22.0 Å². The summed E-state index contributed by atoms with van der Waals surface area (Å²) in [7, 11) is -3.82. The minimum absolute atomic E-state index is 0.118. The van der Waals surface area contributed by atoms with Crippen molar-refractivity contribution in [2.75, 3.05) is 0 Å². The van der Waals surface area contributed by atoms with Crippen molar-refractivity contribution in [1.82, 2.24) is 4.72 Å². The first-order chi connectivity index (χ1) is 9.19. The van der Waals surface area contributed by atoms with Crippen LogP contribution in [0.3, 0.4) is 0 Å². The van der Waals surface area contributed by atoms with Gasteiger partial charge in [-0.05, 0) is 30.0 Å². The second kappa shape index (κ2) is 6.34. The Morgan fingerprint density at radius 2 is 1.95 bits per heavy atom. The normalized spacial score (nSPS) is 13.4. The number of carbonyl (C=O) groups excluding carboxylic acids is 1. The molecular formula is C13H21N3O3S. The van der Waals surface area contributed by atoms with Crippen molar-refractivity contribution in [1.29, 1.82) is 0 Å². The van der Waals surface area contributed by atoms with E-state index in [1.54, 1.807) is 32.9 Å². The first-order valence-electron chi connectivity index (χ1n) is 6.30. The molecule has 6 nitrogen and oxygen atoms in total. The van der Waals surface area contributed by atoms with Gasteiger partial charge in [0.2, 0.25) is 15.9 Å². The van der Waals surface area contributed by atoms with Crippen molar-refractivity contribution >= 4 is 15.9 Å². The Labute approximate surface area is 119 Å². The molecule has 1 aromatic rings. The van der Waals surface area contributed by atoms with Gasteiger partial charge in [0.25, 0.3) is 0 Å². The zero-order chi connectivity index (χ0) is 15.5. The van der Waals surface area contributed by atoms with E-state index in [1.165, 1.54) is 6.07 Å². The molecule has 20 heavy (non-hydrogen) atoms. The molecule has 0 aliphatic heterocycles. The summed E-state index contributed by atoms with van der Waals surface area (Å²) >= 11 is 0. The lowest BCUT2D eigenvalue weighted by atomic mass is 10.1. The van der Waals surface area contributed by atoms with Gasteiger partial charge in [-0.15, -0.1) is 0 Å². The van der Waals surface area contributed by atoms with Gasteiger partial charge in [-0.2, -0.15) is 4.72 Å². The van der Waals surface area contributed by atoms with Gasteiger partial charge in [-0.3, -0.25) is 4.79 Å². The highest BCUT2D eigenvalue weighted by Crippen LogP contribution is 2.18. The number of aryl methyl sites for hydroxylation is 1. The SMILES string of the molecule is Cc1ccc(CN)cc1S(=O)(=O)NC(C(N)=O)C(C)C. The maximum Gasteiger partial charge on any atom is 0.241 e. The van der Waals surface area contributed by atoms with Crippen molar-refractivity contribution < 1.29 is 13.2 Å². The monoisotopic (exact) mass is 299 g/mol. The zero-order valence-electron chi connectivity index (χ0n) is 11.9. The Kier molecular flexibility index (Phi) is 5.27. The van der Waals surface area contributed by atoms with Crippen LogP contribution in [0.2, 0.25) is 0 Å². The first-order valence-corrected chi connectivity index (χ1v) is 7.78. The number of rotatable bonds is 6. The lowest BCUT2D eigenvalue weighted by molar-refractivity contribution is -0.120. The number of carbonyl (C=O) groups is 1. The Hall–Kier alpha value is -1.44. The fourth-order valence-electron chi connectivity index (χ4n) is 1.81. The molecule has 0 heterocycles. The minimum atomic E-state index is -3.82. The van der Waals surface area contributed by atoms with Crippen LogP contribution in [0.15, 0.2) is 23.1 Å². The summed E-state index contributed by atoms with van der Waals surface area (Å²) in [6, 6.07) is 4.02. The van der Waals surface area contributed by atoms with Gasteiger partial charge < -0.3 is 11.5 Å². The highest BCUT2D eigenvalue weighted by molar-refractivity contribution is 7.89. The Bertz CT molecular complexity index is 597. The van der Waals surface area contributed by atoms with Crippen LogP contribution in [0.5, 0.6) is 0 Å². The molecule has 0 saturated carbocycles. The molecule has 0 aliphatic carbocycles. The average molecular weight is 299 g/mol. The van der Waals surface area contributed by atoms with Crippen molar-refractivity contribution in [2.24, 2.45) is 17.4 Å². The molecule has 0 bridgehead atoms. The van der Waals surface area contributed by atoms with Crippen molar-refractivity contribution in [3.8, 4) is 0 Å². The summed E-state index contributed by atoms with van der Waals surface area (Å²) in [6.45, 7) is 5.37. The van der Waals surface area contributed by atoms with E-state index in [4.69, 9.17) is 11.5 Å². The molecule has 0 saturated heterocycles. The van der Waals surface area contributed by atoms with Crippen LogP contribution in [0, 0.1) is 12.8 Å². The molecule has 0 aromatic heterocycles. The van der Waals surface area contributed by atoms with Gasteiger partial charge in [-0.1, -0.05) is 26.0 Å². The number of hydrogen-bond acceptors (Lipinski definition) is 4. The largest absolute Gasteiger partial charge is 0.368 e. The van der Waals surface area contributed by atoms with E-state index in [1.807, 2.05) is 0 Å². The summed E-state index contributed by atoms with van der Waals surface area (Å²) in [5.41, 5.74) is 12.0. The summed E-state index contributed by atoms with van der Waals surface area (Å²) in [5.74, 6) is -0.934. The number of amides is 1. The number of benzene rings is 1. The van der Waals surface area contributed by atoms with Crippen molar-refractivity contribution in [3.05, 3.63) is 29.3 Å². The Morgan fingerprint density at radius 3 is 2.40 bits per heavy atom. The van der Waals surface area contributed by atoms with E-state index in [0.717, 1.165) is 0 Å². The second-order valence-corrected chi connectivity index (χ2v) is 6.73. The molecule has 112 valence electrons. The molecule has 1 aromatic carbocycles. The van der Waals surface area contributed by atoms with Crippen LogP contribution in [0.1, 0.15) is 25.0 Å². The molecule has 1 amide bonds. The molecule has 1 unspecified atom stereocenters. The average Bonchev–Trinajstić information content (AvgIpc) is 2.35. The van der Waals surface area contributed by atoms with Gasteiger partial charge in [-0.25, -0.2) is 8.42 Å². The van der Waals surface area contributed by atoms with Crippen LogP contribution >= 0.6 is 0 Å². The lowest BCUT2D eigenvalue weighted by Crippen LogP contribution is -2.47. The number of nitrogens with two attached hydrogens (primary N) is 2. The number of hydrogen-bond donors (Lipinski definition) is 3. The first kappa shape index (κ1) is 16.6. The van der Waals surface area contributed by atoms with E-state index >= 15 is 0 Å². The zero-order valence-corrected chi connectivity index (χ0v) is 12.7.